The molecule has 0 aliphatic heterocycles. The number of aryl methyl sites for hydroxylation is 1. The molecule has 0 bridgehead atoms. The van der Waals surface area contributed by atoms with E-state index in [2.05, 4.69) is 4.98 Å². The van der Waals surface area contributed by atoms with E-state index in [1.165, 1.54) is 0 Å². The molecule has 0 fully saturated rings. The number of fused-ring (bicyclic) bond motifs is 1. The number of aromatic amines is 1. The minimum absolute atomic E-state index is 0.00342. The lowest BCUT2D eigenvalue weighted by atomic mass is 10.1. The maximum absolute atomic E-state index is 12.5. The number of aromatic nitrogens is 1. The van der Waals surface area contributed by atoms with Crippen LogP contribution >= 0.6 is 11.6 Å². The number of hydrogen-bond acceptors (Lipinski definition) is 2. The van der Waals surface area contributed by atoms with Crippen LogP contribution in [0.5, 0.6) is 0 Å². The predicted molar refractivity (Wildman–Crippen MR) is 105 cm³/mol. The third-order valence-corrected chi connectivity index (χ3v) is 4.63. The van der Waals surface area contributed by atoms with Crippen LogP contribution in [0.25, 0.3) is 10.9 Å². The van der Waals surface area contributed by atoms with Crippen LogP contribution in [0, 0.1) is 6.92 Å². The smallest absolute Gasteiger partial charge is 0.253 e. The minimum Gasteiger partial charge on any atom is -0.334 e. The Balaban J connectivity index is 1.92. The highest BCUT2D eigenvalue weighted by molar-refractivity contribution is 6.30. The molecule has 134 valence electrons. The second kappa shape index (κ2) is 7.75. The number of amides is 1. The normalized spacial score (nSPS) is 10.9. The molecule has 0 spiro atoms. The van der Waals surface area contributed by atoms with Gasteiger partial charge in [0.05, 0.1) is 6.54 Å². The number of carbonyl (C=O) groups excluding carboxylic acids is 1. The van der Waals surface area contributed by atoms with Gasteiger partial charge in [-0.25, -0.2) is 0 Å². The maximum Gasteiger partial charge on any atom is 0.253 e. The van der Waals surface area contributed by atoms with Crippen molar-refractivity contribution >= 4 is 28.4 Å². The van der Waals surface area contributed by atoms with Crippen molar-refractivity contribution in [1.82, 2.24) is 9.88 Å². The summed E-state index contributed by atoms with van der Waals surface area (Å²) in [7, 11) is 0. The van der Waals surface area contributed by atoms with Crippen molar-refractivity contribution in [2.45, 2.75) is 33.4 Å². The molecule has 0 aliphatic carbocycles. The molecular formula is C21H21ClN2O2. The number of nitrogens with zero attached hydrogens (tertiary/aromatic N) is 1. The topological polar surface area (TPSA) is 53.2 Å². The summed E-state index contributed by atoms with van der Waals surface area (Å²) in [5.74, 6) is 0.00342. The largest absolute Gasteiger partial charge is 0.334 e. The van der Waals surface area contributed by atoms with E-state index in [-0.39, 0.29) is 18.0 Å². The van der Waals surface area contributed by atoms with Crippen LogP contribution in [0.2, 0.25) is 5.02 Å². The summed E-state index contributed by atoms with van der Waals surface area (Å²) in [6.07, 6.45) is 0.387. The zero-order chi connectivity index (χ0) is 18.7. The zero-order valence-electron chi connectivity index (χ0n) is 14.9. The fourth-order valence-electron chi connectivity index (χ4n) is 2.96. The van der Waals surface area contributed by atoms with Crippen molar-refractivity contribution in [2.24, 2.45) is 0 Å². The molecule has 5 heteroatoms. The number of rotatable bonds is 5. The highest BCUT2D eigenvalue weighted by Crippen LogP contribution is 2.17. The van der Waals surface area contributed by atoms with Crippen LogP contribution < -0.4 is 5.56 Å². The van der Waals surface area contributed by atoms with Gasteiger partial charge < -0.3 is 9.88 Å². The summed E-state index contributed by atoms with van der Waals surface area (Å²) in [6.45, 7) is 4.55. The van der Waals surface area contributed by atoms with E-state index < -0.39 is 0 Å². The number of H-pyrrole nitrogens is 1. The molecule has 3 aromatic rings. The molecule has 0 saturated carbocycles. The van der Waals surface area contributed by atoms with E-state index >= 15 is 0 Å². The molecule has 1 aromatic heterocycles. The third kappa shape index (κ3) is 4.14. The first-order chi connectivity index (χ1) is 12.5. The Hall–Kier alpha value is -2.59. The van der Waals surface area contributed by atoms with Crippen LogP contribution in [-0.4, -0.2) is 15.8 Å². The molecule has 0 radical (unpaired) electrons. The Labute approximate surface area is 157 Å². The van der Waals surface area contributed by atoms with Gasteiger partial charge in [-0.15, -0.1) is 0 Å². The molecule has 1 heterocycles. The third-order valence-electron chi connectivity index (χ3n) is 4.38. The van der Waals surface area contributed by atoms with Crippen molar-refractivity contribution in [3.05, 3.63) is 80.6 Å². The first-order valence-electron chi connectivity index (χ1n) is 8.61. The molecule has 3 rings (SSSR count). The number of hydrogen-bond donors (Lipinski definition) is 1. The molecule has 0 unspecified atom stereocenters. The first-order valence-corrected chi connectivity index (χ1v) is 8.99. The molecular weight excluding hydrogens is 348 g/mol. The van der Waals surface area contributed by atoms with Crippen LogP contribution in [0.4, 0.5) is 0 Å². The van der Waals surface area contributed by atoms with Gasteiger partial charge in [-0.1, -0.05) is 42.3 Å². The summed E-state index contributed by atoms with van der Waals surface area (Å²) in [4.78, 5) is 29.5. The average molecular weight is 369 g/mol. The van der Waals surface area contributed by atoms with E-state index in [4.69, 9.17) is 11.6 Å². The number of benzene rings is 2. The van der Waals surface area contributed by atoms with Gasteiger partial charge >= 0.3 is 0 Å². The van der Waals surface area contributed by atoms with Gasteiger partial charge in [-0.3, -0.25) is 9.59 Å². The Morgan fingerprint density at radius 3 is 2.50 bits per heavy atom. The summed E-state index contributed by atoms with van der Waals surface area (Å²) >= 11 is 5.93. The number of nitrogens with one attached hydrogen (secondary N) is 1. The molecule has 1 amide bonds. The molecule has 2 aromatic carbocycles. The van der Waals surface area contributed by atoms with Gasteiger partial charge in [-0.05, 0) is 48.2 Å². The number of carbonyl (C=O) groups is 1. The summed E-state index contributed by atoms with van der Waals surface area (Å²) in [6, 6.07) is 15.2. The first kappa shape index (κ1) is 18.2. The molecule has 4 nitrogen and oxygen atoms in total. The van der Waals surface area contributed by atoms with Gasteiger partial charge in [-0.2, -0.15) is 0 Å². The lowest BCUT2D eigenvalue weighted by molar-refractivity contribution is -0.132. The van der Waals surface area contributed by atoms with Gasteiger partial charge in [0.25, 0.3) is 5.56 Å². The van der Waals surface area contributed by atoms with Crippen LogP contribution in [0.3, 0.4) is 0 Å². The molecule has 26 heavy (non-hydrogen) atoms. The van der Waals surface area contributed by atoms with Crippen molar-refractivity contribution in [3.63, 3.8) is 0 Å². The highest BCUT2D eigenvalue weighted by atomic mass is 35.5. The monoisotopic (exact) mass is 368 g/mol. The van der Waals surface area contributed by atoms with E-state index in [1.54, 1.807) is 17.0 Å². The summed E-state index contributed by atoms with van der Waals surface area (Å²) in [5, 5.41) is 1.62. The highest BCUT2D eigenvalue weighted by Gasteiger charge is 2.15. The van der Waals surface area contributed by atoms with Gasteiger partial charge in [0.2, 0.25) is 5.91 Å². The van der Waals surface area contributed by atoms with E-state index in [0.717, 1.165) is 22.0 Å². The van der Waals surface area contributed by atoms with E-state index in [9.17, 15) is 9.59 Å². The average Bonchev–Trinajstić information content (AvgIpc) is 2.63. The Bertz CT molecular complexity index is 993. The lowest BCUT2D eigenvalue weighted by Crippen LogP contribution is -2.31. The summed E-state index contributed by atoms with van der Waals surface area (Å²) in [5.41, 5.74) is 3.32. The van der Waals surface area contributed by atoms with Crippen LogP contribution in [0.15, 0.2) is 53.3 Å². The Morgan fingerprint density at radius 1 is 1.08 bits per heavy atom. The van der Waals surface area contributed by atoms with Crippen molar-refractivity contribution in [1.29, 1.82) is 0 Å². The predicted octanol–water partition coefficient (Wildman–Crippen LogP) is 4.43. The summed E-state index contributed by atoms with van der Waals surface area (Å²) < 4.78 is 0. The minimum atomic E-state index is -0.161. The number of halogens is 1. The van der Waals surface area contributed by atoms with Gasteiger partial charge in [0.1, 0.15) is 0 Å². The van der Waals surface area contributed by atoms with E-state index in [1.807, 2.05) is 50.2 Å². The Morgan fingerprint density at radius 2 is 1.81 bits per heavy atom. The zero-order valence-corrected chi connectivity index (χ0v) is 15.6. The standard InChI is InChI=1S/C21H21ClN2O2/c1-3-20(25)24(12-15-5-7-18(22)8-6-15)13-17-11-16-10-14(2)4-9-19(16)23-21(17)26/h4-11H,3,12-13H2,1-2H3,(H,23,26). The van der Waals surface area contributed by atoms with Crippen molar-refractivity contribution < 1.29 is 4.79 Å². The maximum atomic E-state index is 12.5. The molecule has 0 atom stereocenters. The van der Waals surface area contributed by atoms with E-state index in [0.29, 0.717) is 23.6 Å². The van der Waals surface area contributed by atoms with Crippen molar-refractivity contribution in [2.75, 3.05) is 0 Å². The quantitative estimate of drug-likeness (QED) is 0.724. The Kier molecular flexibility index (Phi) is 5.43. The molecule has 1 N–H and O–H groups in total. The fourth-order valence-corrected chi connectivity index (χ4v) is 3.09. The lowest BCUT2D eigenvalue weighted by Gasteiger charge is -2.22. The van der Waals surface area contributed by atoms with Crippen LogP contribution in [0.1, 0.15) is 30.0 Å². The SMILES string of the molecule is CCC(=O)N(Cc1ccc(Cl)cc1)Cc1cc2cc(C)ccc2[nH]c1=O. The second-order valence-electron chi connectivity index (χ2n) is 6.44. The molecule has 0 aliphatic rings. The molecule has 0 saturated heterocycles. The van der Waals surface area contributed by atoms with Gasteiger partial charge in [0, 0.05) is 29.1 Å². The van der Waals surface area contributed by atoms with Gasteiger partial charge in [0.15, 0.2) is 0 Å². The fraction of sp³-hybridized carbons (Fsp3) is 0.238. The number of pyridine rings is 1. The second-order valence-corrected chi connectivity index (χ2v) is 6.88. The van der Waals surface area contributed by atoms with Crippen LogP contribution in [-0.2, 0) is 17.9 Å². The van der Waals surface area contributed by atoms with Crippen molar-refractivity contribution in [3.8, 4) is 0 Å².